The molecule has 2 aromatic rings. The van der Waals surface area contributed by atoms with Gasteiger partial charge in [0.05, 0.1) is 11.6 Å². The molecule has 1 saturated heterocycles. The molecule has 0 amide bonds. The highest BCUT2D eigenvalue weighted by Gasteiger charge is 2.22. The summed E-state index contributed by atoms with van der Waals surface area (Å²) in [5, 5.41) is 3.27. The highest BCUT2D eigenvalue weighted by atomic mass is 16.5. The van der Waals surface area contributed by atoms with E-state index in [1.54, 1.807) is 23.7 Å². The zero-order valence-electron chi connectivity index (χ0n) is 13.7. The molecule has 0 atom stereocenters. The van der Waals surface area contributed by atoms with Gasteiger partial charge < -0.3 is 14.6 Å². The molecule has 0 radical (unpaired) electrons. The topological polar surface area (TPSA) is 78.2 Å². The minimum atomic E-state index is -0.518. The maximum absolute atomic E-state index is 12.6. The lowest BCUT2D eigenvalue weighted by Crippen LogP contribution is -2.44. The van der Waals surface area contributed by atoms with E-state index in [1.807, 2.05) is 13.8 Å². The second-order valence-corrected chi connectivity index (χ2v) is 6.18. The van der Waals surface area contributed by atoms with Crippen LogP contribution in [0.15, 0.2) is 21.7 Å². The van der Waals surface area contributed by atoms with Gasteiger partial charge in [-0.15, -0.1) is 0 Å². The minimum Gasteiger partial charge on any atom is -0.475 e. The van der Waals surface area contributed by atoms with E-state index < -0.39 is 11.1 Å². The van der Waals surface area contributed by atoms with Gasteiger partial charge in [0.15, 0.2) is 5.65 Å². The lowest BCUT2D eigenvalue weighted by molar-refractivity contribution is 0.233. The molecule has 3 heterocycles. The Labute approximate surface area is 133 Å². The zero-order valence-corrected chi connectivity index (χ0v) is 13.7. The van der Waals surface area contributed by atoms with Crippen molar-refractivity contribution >= 4 is 11.2 Å². The minimum absolute atomic E-state index is 0.00784. The summed E-state index contributed by atoms with van der Waals surface area (Å²) in [6.07, 6.45) is 1.60. The standard InChI is InChI=1S/C16H22N4O3/c1-10(2)23-13-5-4-12-14(18-13)20(11-6-8-17-9-7-11)16(22)15(21)19(12)3/h4-5,10-11,17H,6-9H2,1-3H3. The number of aromatic nitrogens is 3. The number of hydrogen-bond donors (Lipinski definition) is 1. The van der Waals surface area contributed by atoms with Gasteiger partial charge in [-0.25, -0.2) is 0 Å². The molecule has 1 N–H and O–H groups in total. The molecule has 23 heavy (non-hydrogen) atoms. The molecule has 0 unspecified atom stereocenters. The van der Waals surface area contributed by atoms with Crippen molar-refractivity contribution < 1.29 is 4.74 Å². The molecule has 0 saturated carbocycles. The van der Waals surface area contributed by atoms with Gasteiger partial charge in [0.1, 0.15) is 0 Å². The Balaban J connectivity index is 2.25. The van der Waals surface area contributed by atoms with Crippen LogP contribution < -0.4 is 21.2 Å². The van der Waals surface area contributed by atoms with Crippen LogP contribution in [0.25, 0.3) is 11.2 Å². The highest BCUT2D eigenvalue weighted by Crippen LogP contribution is 2.22. The molecule has 0 aromatic carbocycles. The predicted molar refractivity (Wildman–Crippen MR) is 88.1 cm³/mol. The molecular formula is C16H22N4O3. The number of rotatable bonds is 3. The number of nitrogens with one attached hydrogen (secondary N) is 1. The van der Waals surface area contributed by atoms with Crippen LogP contribution in [0.3, 0.4) is 0 Å². The molecule has 3 rings (SSSR count). The fourth-order valence-electron chi connectivity index (χ4n) is 3.03. The van der Waals surface area contributed by atoms with E-state index in [9.17, 15) is 9.59 Å². The van der Waals surface area contributed by atoms with Crippen LogP contribution in [0.4, 0.5) is 0 Å². The first-order chi connectivity index (χ1) is 11.0. The van der Waals surface area contributed by atoms with Crippen molar-refractivity contribution in [1.82, 2.24) is 19.4 Å². The highest BCUT2D eigenvalue weighted by molar-refractivity contribution is 5.71. The summed E-state index contributed by atoms with van der Waals surface area (Å²) in [6, 6.07) is 3.51. The third-order valence-electron chi connectivity index (χ3n) is 4.16. The average Bonchev–Trinajstić information content (AvgIpc) is 2.53. The molecule has 124 valence electrons. The maximum Gasteiger partial charge on any atom is 0.318 e. The van der Waals surface area contributed by atoms with Gasteiger partial charge in [0, 0.05) is 19.2 Å². The third-order valence-corrected chi connectivity index (χ3v) is 4.16. The van der Waals surface area contributed by atoms with Crippen LogP contribution in [0.5, 0.6) is 5.88 Å². The number of fused-ring (bicyclic) bond motifs is 1. The zero-order chi connectivity index (χ0) is 16.6. The second-order valence-electron chi connectivity index (χ2n) is 6.18. The van der Waals surface area contributed by atoms with E-state index in [1.165, 1.54) is 4.57 Å². The van der Waals surface area contributed by atoms with Gasteiger partial charge in [-0.1, -0.05) is 0 Å². The van der Waals surface area contributed by atoms with Gasteiger partial charge in [-0.3, -0.25) is 14.2 Å². The molecular weight excluding hydrogens is 296 g/mol. The monoisotopic (exact) mass is 318 g/mol. The summed E-state index contributed by atoms with van der Waals surface area (Å²) in [6.45, 7) is 5.50. The van der Waals surface area contributed by atoms with Crippen molar-refractivity contribution in [1.29, 1.82) is 0 Å². The van der Waals surface area contributed by atoms with Crippen molar-refractivity contribution in [2.45, 2.75) is 38.8 Å². The van der Waals surface area contributed by atoms with Crippen molar-refractivity contribution in [3.05, 3.63) is 32.8 Å². The van der Waals surface area contributed by atoms with Crippen molar-refractivity contribution in [3.63, 3.8) is 0 Å². The number of ether oxygens (including phenoxy) is 1. The fourth-order valence-corrected chi connectivity index (χ4v) is 3.03. The van der Waals surface area contributed by atoms with Crippen LogP contribution in [0, 0.1) is 0 Å². The van der Waals surface area contributed by atoms with E-state index in [0.29, 0.717) is 17.0 Å². The van der Waals surface area contributed by atoms with Crippen LogP contribution in [-0.4, -0.2) is 33.3 Å². The van der Waals surface area contributed by atoms with Crippen molar-refractivity contribution in [2.75, 3.05) is 13.1 Å². The van der Waals surface area contributed by atoms with E-state index in [2.05, 4.69) is 10.3 Å². The quantitative estimate of drug-likeness (QED) is 0.847. The van der Waals surface area contributed by atoms with Gasteiger partial charge in [-0.2, -0.15) is 4.98 Å². The largest absolute Gasteiger partial charge is 0.475 e. The smallest absolute Gasteiger partial charge is 0.318 e. The molecule has 2 aromatic heterocycles. The molecule has 0 aliphatic carbocycles. The number of pyridine rings is 1. The third kappa shape index (κ3) is 2.88. The SMILES string of the molecule is CC(C)Oc1ccc2c(n1)n(C1CCNCC1)c(=O)c(=O)n2C. The summed E-state index contributed by atoms with van der Waals surface area (Å²) in [7, 11) is 1.60. The molecule has 0 spiro atoms. The maximum atomic E-state index is 12.6. The van der Waals surface area contributed by atoms with Crippen LogP contribution in [-0.2, 0) is 7.05 Å². The molecule has 0 bridgehead atoms. The van der Waals surface area contributed by atoms with E-state index in [4.69, 9.17) is 4.74 Å². The molecule has 1 aliphatic rings. The molecule has 7 nitrogen and oxygen atoms in total. The Hall–Kier alpha value is -2.15. The predicted octanol–water partition coefficient (Wildman–Crippen LogP) is 0.807. The first-order valence-corrected chi connectivity index (χ1v) is 7.98. The van der Waals surface area contributed by atoms with Gasteiger partial charge >= 0.3 is 11.1 Å². The Morgan fingerprint density at radius 1 is 1.22 bits per heavy atom. The Morgan fingerprint density at radius 2 is 1.91 bits per heavy atom. The number of hydrogen-bond acceptors (Lipinski definition) is 5. The lowest BCUT2D eigenvalue weighted by atomic mass is 10.1. The van der Waals surface area contributed by atoms with Gasteiger partial charge in [0.25, 0.3) is 0 Å². The van der Waals surface area contributed by atoms with Crippen LogP contribution in [0.2, 0.25) is 0 Å². The number of aryl methyl sites for hydroxylation is 1. The van der Waals surface area contributed by atoms with E-state index in [-0.39, 0.29) is 12.1 Å². The normalized spacial score (nSPS) is 16.2. The summed E-state index contributed by atoms with van der Waals surface area (Å²) in [5.74, 6) is 0.466. The van der Waals surface area contributed by atoms with Gasteiger partial charge in [-0.05, 0) is 45.8 Å². The summed E-state index contributed by atoms with van der Waals surface area (Å²) in [5.41, 5.74) is 0.128. The van der Waals surface area contributed by atoms with Crippen molar-refractivity contribution in [3.8, 4) is 5.88 Å². The second kappa shape index (κ2) is 6.16. The van der Waals surface area contributed by atoms with Crippen molar-refractivity contribution in [2.24, 2.45) is 7.05 Å². The lowest BCUT2D eigenvalue weighted by Gasteiger charge is -2.26. The number of piperidine rings is 1. The Bertz CT molecular complexity index is 832. The first-order valence-electron chi connectivity index (χ1n) is 7.98. The summed E-state index contributed by atoms with van der Waals surface area (Å²) < 4.78 is 8.57. The first kappa shape index (κ1) is 15.7. The Morgan fingerprint density at radius 3 is 2.57 bits per heavy atom. The molecule has 7 heteroatoms. The average molecular weight is 318 g/mol. The Kier molecular flexibility index (Phi) is 4.21. The van der Waals surface area contributed by atoms with E-state index in [0.717, 1.165) is 25.9 Å². The fraction of sp³-hybridized carbons (Fsp3) is 0.562. The van der Waals surface area contributed by atoms with Gasteiger partial charge in [0.2, 0.25) is 5.88 Å². The van der Waals surface area contributed by atoms with Crippen LogP contribution >= 0.6 is 0 Å². The molecule has 1 aliphatic heterocycles. The van der Waals surface area contributed by atoms with Crippen LogP contribution in [0.1, 0.15) is 32.7 Å². The summed E-state index contributed by atoms with van der Waals surface area (Å²) in [4.78, 5) is 29.3. The summed E-state index contributed by atoms with van der Waals surface area (Å²) >= 11 is 0. The molecule has 1 fully saturated rings. The number of nitrogens with zero attached hydrogens (tertiary/aromatic N) is 3. The van der Waals surface area contributed by atoms with E-state index >= 15 is 0 Å².